The molecule has 0 fully saturated rings. The van der Waals surface area contributed by atoms with Crippen molar-refractivity contribution in [2.75, 3.05) is 0 Å². The Labute approximate surface area is 114 Å². The Morgan fingerprint density at radius 1 is 1.21 bits per heavy atom. The summed E-state index contributed by atoms with van der Waals surface area (Å²) in [7, 11) is 0. The fraction of sp³-hybridized carbons (Fsp3) is 0. The molecule has 0 bridgehead atoms. The highest BCUT2D eigenvalue weighted by Crippen LogP contribution is 2.28. The van der Waals surface area contributed by atoms with E-state index in [9.17, 15) is 4.79 Å². The Morgan fingerprint density at radius 3 is 2.74 bits per heavy atom. The van der Waals surface area contributed by atoms with Gasteiger partial charge in [0.1, 0.15) is 5.69 Å². The standard InChI is InChI=1S/C14H11N3OS/c15-14(18)13-8-10-9-16-7-6-12(10)17(13)19-11-4-2-1-3-5-11/h1-9H,(H2,15,18). The molecule has 0 unspecified atom stereocenters. The second-order valence-electron chi connectivity index (χ2n) is 4.03. The summed E-state index contributed by atoms with van der Waals surface area (Å²) in [5.41, 5.74) is 6.84. The summed E-state index contributed by atoms with van der Waals surface area (Å²) in [5.74, 6) is -0.445. The van der Waals surface area contributed by atoms with E-state index in [1.54, 1.807) is 18.5 Å². The van der Waals surface area contributed by atoms with E-state index in [2.05, 4.69) is 4.98 Å². The van der Waals surface area contributed by atoms with Crippen molar-refractivity contribution >= 4 is 28.8 Å². The summed E-state index contributed by atoms with van der Waals surface area (Å²) >= 11 is 1.47. The van der Waals surface area contributed by atoms with Crippen LogP contribution in [0.3, 0.4) is 0 Å². The van der Waals surface area contributed by atoms with E-state index in [-0.39, 0.29) is 0 Å². The molecular weight excluding hydrogens is 258 g/mol. The Hall–Kier alpha value is -2.27. The third-order valence-electron chi connectivity index (χ3n) is 2.75. The Balaban J connectivity index is 2.15. The molecule has 0 aliphatic carbocycles. The average molecular weight is 269 g/mol. The first-order chi connectivity index (χ1) is 9.25. The second kappa shape index (κ2) is 4.78. The third-order valence-corrected chi connectivity index (χ3v) is 3.81. The molecule has 0 radical (unpaired) electrons. The van der Waals surface area contributed by atoms with Gasteiger partial charge in [0.15, 0.2) is 0 Å². The first-order valence-corrected chi connectivity index (χ1v) is 6.52. The molecule has 94 valence electrons. The number of rotatable bonds is 3. The molecule has 2 aromatic heterocycles. The van der Waals surface area contributed by atoms with Gasteiger partial charge in [0.2, 0.25) is 0 Å². The fourth-order valence-corrected chi connectivity index (χ4v) is 2.88. The van der Waals surface area contributed by atoms with Gasteiger partial charge in [-0.25, -0.2) is 0 Å². The van der Waals surface area contributed by atoms with Crippen molar-refractivity contribution in [1.29, 1.82) is 0 Å². The highest BCUT2D eigenvalue weighted by molar-refractivity contribution is 7.98. The largest absolute Gasteiger partial charge is 0.364 e. The molecule has 2 N–H and O–H groups in total. The predicted octanol–water partition coefficient (Wildman–Crippen LogP) is 2.69. The zero-order valence-electron chi connectivity index (χ0n) is 9.98. The number of carbonyl (C=O) groups is 1. The van der Waals surface area contributed by atoms with Crippen LogP contribution in [0.1, 0.15) is 10.5 Å². The molecular formula is C14H11N3OS. The van der Waals surface area contributed by atoms with Crippen LogP contribution in [0, 0.1) is 0 Å². The predicted molar refractivity (Wildman–Crippen MR) is 75.9 cm³/mol. The lowest BCUT2D eigenvalue weighted by Crippen LogP contribution is -2.14. The number of hydrogen-bond donors (Lipinski definition) is 1. The van der Waals surface area contributed by atoms with Crippen molar-refractivity contribution in [2.24, 2.45) is 5.73 Å². The van der Waals surface area contributed by atoms with Crippen LogP contribution in [0.5, 0.6) is 0 Å². The third kappa shape index (κ3) is 2.20. The van der Waals surface area contributed by atoms with Crippen molar-refractivity contribution < 1.29 is 4.79 Å². The highest BCUT2D eigenvalue weighted by atomic mass is 32.2. The summed E-state index contributed by atoms with van der Waals surface area (Å²) in [6.07, 6.45) is 3.43. The molecule has 0 spiro atoms. The van der Waals surface area contributed by atoms with Gasteiger partial charge in [-0.2, -0.15) is 0 Å². The van der Waals surface area contributed by atoms with Gasteiger partial charge in [-0.05, 0) is 36.2 Å². The lowest BCUT2D eigenvalue weighted by Gasteiger charge is -2.07. The summed E-state index contributed by atoms with van der Waals surface area (Å²) < 4.78 is 1.84. The van der Waals surface area contributed by atoms with Crippen LogP contribution in [-0.2, 0) is 0 Å². The van der Waals surface area contributed by atoms with Gasteiger partial charge >= 0.3 is 0 Å². The number of fused-ring (bicyclic) bond motifs is 1. The van der Waals surface area contributed by atoms with Crippen LogP contribution in [-0.4, -0.2) is 14.9 Å². The Bertz CT molecular complexity index is 737. The van der Waals surface area contributed by atoms with Gasteiger partial charge in [0.25, 0.3) is 5.91 Å². The van der Waals surface area contributed by atoms with Crippen molar-refractivity contribution in [1.82, 2.24) is 8.96 Å². The quantitative estimate of drug-likeness (QED) is 0.795. The van der Waals surface area contributed by atoms with E-state index in [0.717, 1.165) is 15.8 Å². The molecule has 1 amide bonds. The first kappa shape index (κ1) is 11.8. The molecule has 0 saturated heterocycles. The van der Waals surface area contributed by atoms with Crippen molar-refractivity contribution in [3.8, 4) is 0 Å². The normalized spacial score (nSPS) is 10.7. The summed E-state index contributed by atoms with van der Waals surface area (Å²) in [6, 6.07) is 13.5. The molecule has 3 aromatic rings. The summed E-state index contributed by atoms with van der Waals surface area (Å²) in [6.45, 7) is 0. The summed E-state index contributed by atoms with van der Waals surface area (Å²) in [5, 5.41) is 0.903. The van der Waals surface area contributed by atoms with E-state index in [1.807, 2.05) is 40.4 Å². The van der Waals surface area contributed by atoms with Gasteiger partial charge in [-0.1, -0.05) is 18.2 Å². The number of aromatic nitrogens is 2. The van der Waals surface area contributed by atoms with Crippen LogP contribution in [0.25, 0.3) is 10.9 Å². The maximum Gasteiger partial charge on any atom is 0.266 e. The molecule has 5 heteroatoms. The van der Waals surface area contributed by atoms with Crippen molar-refractivity contribution in [3.63, 3.8) is 0 Å². The molecule has 0 saturated carbocycles. The van der Waals surface area contributed by atoms with Crippen molar-refractivity contribution in [2.45, 2.75) is 4.90 Å². The minimum absolute atomic E-state index is 0.445. The molecule has 4 nitrogen and oxygen atoms in total. The number of benzene rings is 1. The van der Waals surface area contributed by atoms with E-state index in [4.69, 9.17) is 5.73 Å². The zero-order valence-corrected chi connectivity index (χ0v) is 10.8. The van der Waals surface area contributed by atoms with Gasteiger partial charge in [-0.15, -0.1) is 0 Å². The topological polar surface area (TPSA) is 60.9 Å². The SMILES string of the molecule is NC(=O)c1cc2cnccc2n1Sc1ccccc1. The Kier molecular flexibility index (Phi) is 2.97. The van der Waals surface area contributed by atoms with E-state index >= 15 is 0 Å². The van der Waals surface area contributed by atoms with Crippen LogP contribution in [0.4, 0.5) is 0 Å². The van der Waals surface area contributed by atoms with Gasteiger partial charge in [-0.3, -0.25) is 13.8 Å². The number of nitrogens with two attached hydrogens (primary N) is 1. The molecule has 1 aromatic carbocycles. The van der Waals surface area contributed by atoms with Gasteiger partial charge in [0.05, 0.1) is 5.52 Å². The molecule has 0 atom stereocenters. The lowest BCUT2D eigenvalue weighted by atomic mass is 10.3. The molecule has 19 heavy (non-hydrogen) atoms. The monoisotopic (exact) mass is 269 g/mol. The maximum absolute atomic E-state index is 11.5. The van der Waals surface area contributed by atoms with E-state index in [1.165, 1.54) is 11.9 Å². The molecule has 0 aliphatic heterocycles. The number of pyridine rings is 1. The van der Waals surface area contributed by atoms with Crippen LogP contribution < -0.4 is 5.73 Å². The number of primary amides is 1. The minimum atomic E-state index is -0.445. The number of amides is 1. The van der Waals surface area contributed by atoms with E-state index < -0.39 is 5.91 Å². The molecule has 3 rings (SSSR count). The molecule has 0 aliphatic rings. The van der Waals surface area contributed by atoms with E-state index in [0.29, 0.717) is 5.69 Å². The highest BCUT2D eigenvalue weighted by Gasteiger charge is 2.14. The first-order valence-electron chi connectivity index (χ1n) is 5.74. The number of nitrogens with zero attached hydrogens (tertiary/aromatic N) is 2. The van der Waals surface area contributed by atoms with Crippen LogP contribution in [0.2, 0.25) is 0 Å². The second-order valence-corrected chi connectivity index (χ2v) is 5.05. The smallest absolute Gasteiger partial charge is 0.266 e. The van der Waals surface area contributed by atoms with Crippen molar-refractivity contribution in [3.05, 3.63) is 60.6 Å². The molecule has 2 heterocycles. The Morgan fingerprint density at radius 2 is 2.00 bits per heavy atom. The minimum Gasteiger partial charge on any atom is -0.364 e. The van der Waals surface area contributed by atoms with Gasteiger partial charge < -0.3 is 5.73 Å². The lowest BCUT2D eigenvalue weighted by molar-refractivity contribution is 0.0995. The average Bonchev–Trinajstić information content (AvgIpc) is 2.79. The zero-order chi connectivity index (χ0) is 13.2. The number of hydrogen-bond acceptors (Lipinski definition) is 3. The summed E-state index contributed by atoms with van der Waals surface area (Å²) in [4.78, 5) is 16.6. The van der Waals surface area contributed by atoms with Crippen LogP contribution in [0.15, 0.2) is 59.8 Å². The maximum atomic E-state index is 11.5. The fourth-order valence-electron chi connectivity index (χ4n) is 1.89. The number of carbonyl (C=O) groups excluding carboxylic acids is 1. The van der Waals surface area contributed by atoms with Crippen LogP contribution >= 0.6 is 11.9 Å². The van der Waals surface area contributed by atoms with Gasteiger partial charge in [0, 0.05) is 22.7 Å².